The molecule has 3 aliphatic heterocycles. The zero-order chi connectivity index (χ0) is 30.4. The summed E-state index contributed by atoms with van der Waals surface area (Å²) in [6.07, 6.45) is 15.5. The molecule has 7 heteroatoms. The van der Waals surface area contributed by atoms with E-state index in [1.54, 1.807) is 0 Å². The fraction of sp³-hybridized carbons (Fsp3) is 0.784. The summed E-state index contributed by atoms with van der Waals surface area (Å²) in [5, 5.41) is 6.34. The molecule has 1 aromatic rings. The number of urea groups is 1. The molecule has 0 radical (unpaired) electrons. The molecule has 3 saturated carbocycles. The van der Waals surface area contributed by atoms with Gasteiger partial charge in [-0.3, -0.25) is 14.1 Å². The summed E-state index contributed by atoms with van der Waals surface area (Å²) in [6.45, 7) is 6.41. The van der Waals surface area contributed by atoms with E-state index in [1.165, 1.54) is 56.9 Å². The third-order valence-electron chi connectivity index (χ3n) is 13.7. The molecule has 0 aromatic heterocycles. The van der Waals surface area contributed by atoms with Crippen molar-refractivity contribution in [2.75, 3.05) is 39.4 Å². The first kappa shape index (κ1) is 30.5. The number of piperidine rings is 1. The van der Waals surface area contributed by atoms with Gasteiger partial charge in [-0.1, -0.05) is 62.9 Å². The highest BCUT2D eigenvalue weighted by Crippen LogP contribution is 2.66. The quantitative estimate of drug-likeness (QED) is 0.330. The van der Waals surface area contributed by atoms with E-state index in [2.05, 4.69) is 57.7 Å². The molecule has 6 fully saturated rings. The number of benzene rings is 1. The third-order valence-corrected chi connectivity index (χ3v) is 13.7. The van der Waals surface area contributed by atoms with Crippen molar-refractivity contribution in [3.05, 3.63) is 35.9 Å². The molecule has 6 atom stereocenters. The summed E-state index contributed by atoms with van der Waals surface area (Å²) in [5.74, 6) is 2.25. The normalized spacial score (nSPS) is 34.2. The molecule has 7 rings (SSSR count). The van der Waals surface area contributed by atoms with E-state index in [0.717, 1.165) is 64.2 Å². The van der Waals surface area contributed by atoms with E-state index >= 15 is 0 Å². The maximum Gasteiger partial charge on any atom is 0.315 e. The van der Waals surface area contributed by atoms with Crippen LogP contribution in [0.15, 0.2) is 30.3 Å². The number of carbonyl (C=O) groups is 2. The fourth-order valence-corrected chi connectivity index (χ4v) is 11.9. The first-order chi connectivity index (χ1) is 21.4. The fourth-order valence-electron chi connectivity index (χ4n) is 11.9. The van der Waals surface area contributed by atoms with Gasteiger partial charge < -0.3 is 15.5 Å². The number of fused-ring (bicyclic) bond motifs is 2. The van der Waals surface area contributed by atoms with Crippen LogP contribution in [0, 0.1) is 29.1 Å². The lowest BCUT2D eigenvalue weighted by Gasteiger charge is -2.65. The lowest BCUT2D eigenvalue weighted by atomic mass is 9.50. The highest BCUT2D eigenvalue weighted by Gasteiger charge is 2.66. The largest absolute Gasteiger partial charge is 0.341 e. The van der Waals surface area contributed by atoms with E-state index in [4.69, 9.17) is 0 Å². The summed E-state index contributed by atoms with van der Waals surface area (Å²) < 4.78 is 14.0. The van der Waals surface area contributed by atoms with Gasteiger partial charge in [0.1, 0.15) is 0 Å². The van der Waals surface area contributed by atoms with Crippen molar-refractivity contribution in [2.45, 2.75) is 114 Å². The zero-order valence-electron chi connectivity index (χ0n) is 27.0. The predicted octanol–water partition coefficient (Wildman–Crippen LogP) is 6.66. The number of hydrogen-bond acceptors (Lipinski definition) is 3. The van der Waals surface area contributed by atoms with Crippen LogP contribution in [0.5, 0.6) is 0 Å². The van der Waals surface area contributed by atoms with Gasteiger partial charge in [-0.25, -0.2) is 4.79 Å². The number of likely N-dealkylation sites (tertiary alicyclic amines) is 2. The molecule has 242 valence electrons. The van der Waals surface area contributed by atoms with Gasteiger partial charge in [-0.05, 0) is 87.0 Å². The summed E-state index contributed by atoms with van der Waals surface area (Å²) in [5.41, 5.74) is 1.25. The number of hydrogen-bond donors (Lipinski definition) is 2. The highest BCUT2D eigenvalue weighted by atomic mass is 19.1. The highest BCUT2D eigenvalue weighted by molar-refractivity contribution is 5.79. The lowest BCUT2D eigenvalue weighted by Crippen LogP contribution is -2.71. The van der Waals surface area contributed by atoms with Crippen LogP contribution in [0.1, 0.15) is 108 Å². The van der Waals surface area contributed by atoms with Crippen LogP contribution in [-0.2, 0) is 4.79 Å². The SMILES string of the molecule is CC(CCCF)C(C1CN(C(=O)C2CCCC2)CC1c1ccccc1)(N1CCC2(CC1)CNC(=O)N2)C12CCCC(CC1)C2. The van der Waals surface area contributed by atoms with E-state index < -0.39 is 0 Å². The third kappa shape index (κ3) is 5.08. The molecular weight excluding hydrogens is 551 g/mol. The molecule has 1 spiro atoms. The van der Waals surface area contributed by atoms with Crippen molar-refractivity contribution in [3.8, 4) is 0 Å². The van der Waals surface area contributed by atoms with Gasteiger partial charge in [0, 0.05) is 56.0 Å². The van der Waals surface area contributed by atoms with Crippen LogP contribution < -0.4 is 10.6 Å². The van der Waals surface area contributed by atoms with Crippen molar-refractivity contribution in [2.24, 2.45) is 29.1 Å². The second-order valence-corrected chi connectivity index (χ2v) is 15.8. The van der Waals surface area contributed by atoms with Gasteiger partial charge in [-0.2, -0.15) is 0 Å². The van der Waals surface area contributed by atoms with Crippen molar-refractivity contribution in [1.82, 2.24) is 20.4 Å². The Bertz CT molecular complexity index is 1180. The summed E-state index contributed by atoms with van der Waals surface area (Å²) in [7, 11) is 0. The Kier molecular flexibility index (Phi) is 8.47. The maximum absolute atomic E-state index is 14.2. The summed E-state index contributed by atoms with van der Waals surface area (Å²) >= 11 is 0. The van der Waals surface area contributed by atoms with Crippen LogP contribution in [0.3, 0.4) is 0 Å². The molecule has 1 aromatic carbocycles. The molecule has 6 nitrogen and oxygen atoms in total. The predicted molar refractivity (Wildman–Crippen MR) is 172 cm³/mol. The summed E-state index contributed by atoms with van der Waals surface area (Å²) in [4.78, 5) is 31.6. The average Bonchev–Trinajstić information content (AvgIpc) is 3.86. The molecule has 2 bridgehead atoms. The second-order valence-electron chi connectivity index (χ2n) is 15.8. The van der Waals surface area contributed by atoms with Crippen LogP contribution in [0.25, 0.3) is 0 Å². The molecule has 6 unspecified atom stereocenters. The monoisotopic (exact) mass is 606 g/mol. The Morgan fingerprint density at radius 1 is 1.02 bits per heavy atom. The first-order valence-electron chi connectivity index (χ1n) is 18.1. The second kappa shape index (κ2) is 12.2. The minimum Gasteiger partial charge on any atom is -0.341 e. The van der Waals surface area contributed by atoms with Crippen LogP contribution in [0.2, 0.25) is 0 Å². The van der Waals surface area contributed by atoms with E-state index in [0.29, 0.717) is 30.7 Å². The van der Waals surface area contributed by atoms with E-state index in [9.17, 15) is 14.0 Å². The molecule has 3 saturated heterocycles. The van der Waals surface area contributed by atoms with Gasteiger partial charge in [0.2, 0.25) is 5.91 Å². The minimum absolute atomic E-state index is 0.0356. The first-order valence-corrected chi connectivity index (χ1v) is 18.1. The van der Waals surface area contributed by atoms with Gasteiger partial charge >= 0.3 is 6.03 Å². The van der Waals surface area contributed by atoms with Crippen LogP contribution in [0.4, 0.5) is 9.18 Å². The number of halogens is 1. The van der Waals surface area contributed by atoms with Crippen molar-refractivity contribution >= 4 is 11.9 Å². The minimum atomic E-state index is -0.268. The lowest BCUT2D eigenvalue weighted by molar-refractivity contribution is -0.144. The Morgan fingerprint density at radius 3 is 2.50 bits per heavy atom. The Morgan fingerprint density at radius 2 is 1.80 bits per heavy atom. The van der Waals surface area contributed by atoms with Crippen LogP contribution in [-0.4, -0.2) is 72.2 Å². The standard InChI is InChI=1S/C37H55FN4O2/c1-27(9-8-20-38)37(35-16-7-10-28(23-35)15-17-35,42-21-18-36(19-22-42)26-39-34(44)40-36)32-25-41(33(43)30-13-5-6-14-30)24-31(32)29-11-3-2-4-12-29/h2-4,11-12,27-28,30-32H,5-10,13-26H2,1H3,(H2,39,40,44). The van der Waals surface area contributed by atoms with Crippen molar-refractivity contribution < 1.29 is 14.0 Å². The molecular formula is C37H55FN4O2. The summed E-state index contributed by atoms with van der Waals surface area (Å²) in [6, 6.07) is 11.0. The molecule has 44 heavy (non-hydrogen) atoms. The van der Waals surface area contributed by atoms with Crippen molar-refractivity contribution in [3.63, 3.8) is 0 Å². The molecule has 2 N–H and O–H groups in total. The topological polar surface area (TPSA) is 64.7 Å². The number of amides is 3. The maximum atomic E-state index is 14.2. The molecule has 3 amide bonds. The van der Waals surface area contributed by atoms with E-state index in [-0.39, 0.29) is 41.0 Å². The Hall–Kier alpha value is -2.15. The number of carbonyl (C=O) groups excluding carboxylic acids is 2. The number of nitrogens with one attached hydrogen (secondary N) is 2. The molecule has 3 aliphatic carbocycles. The van der Waals surface area contributed by atoms with E-state index in [1.807, 2.05) is 0 Å². The number of rotatable bonds is 9. The molecule has 6 aliphatic rings. The molecule has 3 heterocycles. The average molecular weight is 607 g/mol. The smallest absolute Gasteiger partial charge is 0.315 e. The Labute approximate surface area is 264 Å². The van der Waals surface area contributed by atoms with Gasteiger partial charge in [0.25, 0.3) is 0 Å². The van der Waals surface area contributed by atoms with Crippen molar-refractivity contribution in [1.29, 1.82) is 0 Å². The Balaban J connectivity index is 1.34. The zero-order valence-corrected chi connectivity index (χ0v) is 27.0. The van der Waals surface area contributed by atoms with Gasteiger partial charge in [0.05, 0.1) is 12.2 Å². The van der Waals surface area contributed by atoms with Gasteiger partial charge in [0.15, 0.2) is 0 Å². The van der Waals surface area contributed by atoms with Gasteiger partial charge in [-0.15, -0.1) is 0 Å². The van der Waals surface area contributed by atoms with Crippen LogP contribution >= 0.6 is 0 Å². The number of nitrogens with zero attached hydrogens (tertiary/aromatic N) is 2. The number of alkyl halides is 1.